The molecule has 0 saturated heterocycles. The van der Waals surface area contributed by atoms with Gasteiger partial charge in [0.15, 0.2) is 0 Å². The lowest BCUT2D eigenvalue weighted by Gasteiger charge is -2.26. The molecular formula is C14H20N2S. The molecule has 0 unspecified atom stereocenters. The Labute approximate surface area is 109 Å². The fourth-order valence-corrected chi connectivity index (χ4v) is 2.64. The van der Waals surface area contributed by atoms with Gasteiger partial charge in [-0.3, -0.25) is 0 Å². The number of allylic oxidation sites excluding steroid dienone is 2. The lowest BCUT2D eigenvalue weighted by atomic mass is 9.95. The molecule has 0 atom stereocenters. The van der Waals surface area contributed by atoms with Crippen LogP contribution >= 0.6 is 12.2 Å². The van der Waals surface area contributed by atoms with Crippen molar-refractivity contribution in [3.63, 3.8) is 0 Å². The summed E-state index contributed by atoms with van der Waals surface area (Å²) in [5.74, 6) is 0. The van der Waals surface area contributed by atoms with Gasteiger partial charge < -0.3 is 10.6 Å². The minimum atomic E-state index is 0.576. The summed E-state index contributed by atoms with van der Waals surface area (Å²) in [7, 11) is 0. The maximum absolute atomic E-state index is 5.34. The van der Waals surface area contributed by atoms with Gasteiger partial charge in [0.05, 0.1) is 0 Å². The van der Waals surface area contributed by atoms with E-state index in [9.17, 15) is 0 Å². The Bertz CT molecular complexity index is 362. The summed E-state index contributed by atoms with van der Waals surface area (Å²) in [5, 5.41) is 6.71. The molecule has 1 aliphatic carbocycles. The maximum atomic E-state index is 5.34. The summed E-state index contributed by atoms with van der Waals surface area (Å²) in [6.07, 6.45) is 12.7. The second kappa shape index (κ2) is 6.01. The minimum Gasteiger partial charge on any atom is -0.382 e. The number of hydrogen-bond acceptors (Lipinski definition) is 2. The first-order valence-electron chi connectivity index (χ1n) is 6.38. The van der Waals surface area contributed by atoms with Crippen molar-refractivity contribution in [2.45, 2.75) is 38.1 Å². The first-order valence-corrected chi connectivity index (χ1v) is 6.79. The summed E-state index contributed by atoms with van der Waals surface area (Å²) in [6, 6.07) is 0.576. The molecule has 2 N–H and O–H groups in total. The normalized spacial score (nSPS) is 21.4. The van der Waals surface area contributed by atoms with Crippen LogP contribution in [0.5, 0.6) is 0 Å². The van der Waals surface area contributed by atoms with Gasteiger partial charge in [-0.1, -0.05) is 56.3 Å². The van der Waals surface area contributed by atoms with Gasteiger partial charge in [0, 0.05) is 23.9 Å². The fourth-order valence-electron chi connectivity index (χ4n) is 2.36. The molecule has 92 valence electrons. The summed E-state index contributed by atoms with van der Waals surface area (Å²) >= 11 is 5.34. The van der Waals surface area contributed by atoms with Crippen molar-refractivity contribution in [3.8, 4) is 0 Å². The second-order valence-electron chi connectivity index (χ2n) is 4.68. The van der Waals surface area contributed by atoms with Crippen LogP contribution in [-0.4, -0.2) is 17.6 Å². The summed E-state index contributed by atoms with van der Waals surface area (Å²) in [5.41, 5.74) is 1.99. The number of thiocarbonyl (C=S) groups is 1. The van der Waals surface area contributed by atoms with E-state index in [1.54, 1.807) is 0 Å². The van der Waals surface area contributed by atoms with E-state index in [2.05, 4.69) is 23.3 Å². The van der Waals surface area contributed by atoms with Gasteiger partial charge in [-0.25, -0.2) is 0 Å². The topological polar surface area (TPSA) is 24.1 Å². The quantitative estimate of drug-likeness (QED) is 0.751. The molecule has 0 amide bonds. The molecule has 0 aromatic heterocycles. The van der Waals surface area contributed by atoms with Gasteiger partial charge >= 0.3 is 0 Å². The third-order valence-corrected chi connectivity index (χ3v) is 3.70. The molecule has 1 aliphatic heterocycles. The minimum absolute atomic E-state index is 0.576. The van der Waals surface area contributed by atoms with Gasteiger partial charge in [0.1, 0.15) is 4.99 Å². The van der Waals surface area contributed by atoms with Gasteiger partial charge in [0.25, 0.3) is 0 Å². The van der Waals surface area contributed by atoms with Gasteiger partial charge in [0.2, 0.25) is 0 Å². The number of nitrogens with one attached hydrogen (secondary N) is 2. The SMILES string of the molecule is C=C(NC1CCCCC1)C1=CC=CCNC1=S. The highest BCUT2D eigenvalue weighted by Crippen LogP contribution is 2.20. The van der Waals surface area contributed by atoms with Crippen molar-refractivity contribution in [2.24, 2.45) is 0 Å². The first-order chi connectivity index (χ1) is 8.27. The molecule has 2 rings (SSSR count). The van der Waals surface area contributed by atoms with Crippen LogP contribution < -0.4 is 10.6 Å². The van der Waals surface area contributed by atoms with Gasteiger partial charge in [-0.2, -0.15) is 0 Å². The molecule has 1 saturated carbocycles. The van der Waals surface area contributed by atoms with Crippen molar-refractivity contribution in [2.75, 3.05) is 6.54 Å². The average Bonchev–Trinajstić information content (AvgIpc) is 2.55. The van der Waals surface area contributed by atoms with E-state index in [-0.39, 0.29) is 0 Å². The summed E-state index contributed by atoms with van der Waals surface area (Å²) in [4.78, 5) is 0.795. The molecule has 17 heavy (non-hydrogen) atoms. The zero-order chi connectivity index (χ0) is 12.1. The van der Waals surface area contributed by atoms with E-state index < -0.39 is 0 Å². The lowest BCUT2D eigenvalue weighted by molar-refractivity contribution is 0.399. The van der Waals surface area contributed by atoms with E-state index in [4.69, 9.17) is 12.2 Å². The van der Waals surface area contributed by atoms with Crippen LogP contribution in [-0.2, 0) is 0 Å². The van der Waals surface area contributed by atoms with Crippen molar-refractivity contribution in [1.82, 2.24) is 10.6 Å². The molecule has 0 spiro atoms. The molecule has 2 nitrogen and oxygen atoms in total. The van der Waals surface area contributed by atoms with Crippen LogP contribution in [0.25, 0.3) is 0 Å². The highest BCUT2D eigenvalue weighted by Gasteiger charge is 2.16. The highest BCUT2D eigenvalue weighted by atomic mass is 32.1. The molecule has 2 aliphatic rings. The van der Waals surface area contributed by atoms with Crippen LogP contribution in [0.4, 0.5) is 0 Å². The summed E-state index contributed by atoms with van der Waals surface area (Å²) < 4.78 is 0. The lowest BCUT2D eigenvalue weighted by Crippen LogP contribution is -2.33. The van der Waals surface area contributed by atoms with E-state index >= 15 is 0 Å². The van der Waals surface area contributed by atoms with E-state index in [1.165, 1.54) is 32.1 Å². The molecule has 0 aromatic carbocycles. The first kappa shape index (κ1) is 12.4. The largest absolute Gasteiger partial charge is 0.382 e. The van der Waals surface area contributed by atoms with Crippen molar-refractivity contribution in [3.05, 3.63) is 36.1 Å². The van der Waals surface area contributed by atoms with E-state index in [0.717, 1.165) is 22.8 Å². The van der Waals surface area contributed by atoms with Crippen LogP contribution in [0, 0.1) is 0 Å². The number of hydrogen-bond donors (Lipinski definition) is 2. The Morgan fingerprint density at radius 1 is 1.35 bits per heavy atom. The van der Waals surface area contributed by atoms with Crippen molar-refractivity contribution >= 4 is 17.2 Å². The fraction of sp³-hybridized carbons (Fsp3) is 0.500. The Balaban J connectivity index is 1.96. The number of rotatable bonds is 3. The monoisotopic (exact) mass is 248 g/mol. The van der Waals surface area contributed by atoms with E-state index in [0.29, 0.717) is 6.04 Å². The standard InChI is InChI=1S/C14H20N2S/c1-11(16-12-7-3-2-4-8-12)13-9-5-6-10-15-14(13)17/h5-6,9,12,16H,1-4,7-8,10H2,(H,15,17). The Kier molecular flexibility index (Phi) is 4.37. The average molecular weight is 248 g/mol. The maximum Gasteiger partial charge on any atom is 0.108 e. The predicted molar refractivity (Wildman–Crippen MR) is 77.0 cm³/mol. The third kappa shape index (κ3) is 3.43. The van der Waals surface area contributed by atoms with Crippen LogP contribution in [0.3, 0.4) is 0 Å². The van der Waals surface area contributed by atoms with Crippen LogP contribution in [0.1, 0.15) is 32.1 Å². The van der Waals surface area contributed by atoms with Crippen LogP contribution in [0.2, 0.25) is 0 Å². The molecular weight excluding hydrogens is 228 g/mol. The third-order valence-electron chi connectivity index (χ3n) is 3.33. The molecule has 1 heterocycles. The molecule has 0 aromatic rings. The van der Waals surface area contributed by atoms with Gasteiger partial charge in [-0.15, -0.1) is 0 Å². The Hall–Kier alpha value is -1.09. The van der Waals surface area contributed by atoms with Crippen molar-refractivity contribution in [1.29, 1.82) is 0 Å². The molecule has 0 radical (unpaired) electrons. The molecule has 1 fully saturated rings. The smallest absolute Gasteiger partial charge is 0.108 e. The Morgan fingerprint density at radius 3 is 2.88 bits per heavy atom. The predicted octanol–water partition coefficient (Wildman–Crippen LogP) is 2.84. The summed E-state index contributed by atoms with van der Waals surface area (Å²) in [6.45, 7) is 4.92. The van der Waals surface area contributed by atoms with E-state index in [1.807, 2.05) is 12.2 Å². The van der Waals surface area contributed by atoms with Crippen molar-refractivity contribution < 1.29 is 0 Å². The molecule has 0 bridgehead atoms. The zero-order valence-corrected chi connectivity index (χ0v) is 11.0. The molecule has 3 heteroatoms. The second-order valence-corrected chi connectivity index (χ2v) is 5.08. The van der Waals surface area contributed by atoms with Crippen LogP contribution in [0.15, 0.2) is 36.1 Å². The zero-order valence-electron chi connectivity index (χ0n) is 10.2. The van der Waals surface area contributed by atoms with Gasteiger partial charge in [-0.05, 0) is 12.8 Å². The highest BCUT2D eigenvalue weighted by molar-refractivity contribution is 7.80. The Morgan fingerprint density at radius 2 is 2.12 bits per heavy atom.